The van der Waals surface area contributed by atoms with Crippen LogP contribution in [0.5, 0.6) is 5.88 Å². The van der Waals surface area contributed by atoms with Gasteiger partial charge in [-0.3, -0.25) is 13.7 Å². The Balaban J connectivity index is 0.00000294. The third-order valence-corrected chi connectivity index (χ3v) is 8.27. The number of hydrogen-bond acceptors (Lipinski definition) is 19. The first-order valence-corrected chi connectivity index (χ1v) is 13.8. The Hall–Kier alpha value is 0.0900. The molecular weight excluding hydrogens is 626 g/mol. The van der Waals surface area contributed by atoms with Gasteiger partial charge < -0.3 is 65.3 Å². The van der Waals surface area contributed by atoms with Gasteiger partial charge in [0.25, 0.3) is 7.82 Å². The standard InChI is InChI=1S/C16H25N5O16P2.2Na/c17-16-19-12-6(13(28)20-16)18-3-21(12)14-10(26)8(24)5(34-14)2-33-38(29,30)37-39(31,32)36-15-11(27)9(25)7(23)4(1-22)35-15;;/h3-5,7-11,14-15,22-27H,1-2H2,(H,29,30)(H,31,32)(H3,17,19,20,28);;/q;2*+1/p-2. The number of hydrogen-bond donors (Lipinski definition) is 8. The van der Waals surface area contributed by atoms with Crippen molar-refractivity contribution in [2.45, 2.75) is 55.2 Å². The average Bonchev–Trinajstić information content (AvgIpc) is 3.38. The van der Waals surface area contributed by atoms with Crippen LogP contribution in [0.15, 0.2) is 6.33 Å². The molecule has 0 amide bonds. The van der Waals surface area contributed by atoms with Crippen molar-refractivity contribution >= 4 is 32.8 Å². The van der Waals surface area contributed by atoms with Crippen LogP contribution >= 0.6 is 15.6 Å². The molecule has 2 saturated heterocycles. The van der Waals surface area contributed by atoms with Crippen LogP contribution in [0, 0.1) is 0 Å². The van der Waals surface area contributed by atoms with Crippen LogP contribution in [0.25, 0.3) is 11.2 Å². The van der Waals surface area contributed by atoms with Gasteiger partial charge in [0.1, 0.15) is 48.2 Å². The number of aliphatic hydroxyl groups excluding tert-OH is 6. The maximum Gasteiger partial charge on any atom is 1.00 e. The van der Waals surface area contributed by atoms with Crippen molar-refractivity contribution in [3.05, 3.63) is 6.33 Å². The van der Waals surface area contributed by atoms with Gasteiger partial charge in [0, 0.05) is 5.88 Å². The van der Waals surface area contributed by atoms with Gasteiger partial charge >= 0.3 is 66.9 Å². The van der Waals surface area contributed by atoms with Crippen molar-refractivity contribution in [2.75, 3.05) is 18.9 Å². The van der Waals surface area contributed by atoms with E-state index >= 15 is 0 Å². The molecule has 0 spiro atoms. The van der Waals surface area contributed by atoms with Crippen molar-refractivity contribution in [3.8, 4) is 5.88 Å². The molecule has 2 aromatic rings. The van der Waals surface area contributed by atoms with Gasteiger partial charge in [0.2, 0.25) is 5.95 Å². The van der Waals surface area contributed by atoms with Gasteiger partial charge in [-0.1, -0.05) is 0 Å². The first kappa shape index (κ1) is 37.3. The number of nitrogen functional groups attached to an aromatic ring is 1. The third-order valence-electron chi connectivity index (χ3n) is 5.70. The smallest absolute Gasteiger partial charge is 0.857 e. The summed E-state index contributed by atoms with van der Waals surface area (Å²) in [4.78, 5) is 33.0. The molecule has 2 fully saturated rings. The zero-order chi connectivity index (χ0) is 28.9. The Kier molecular flexibility index (Phi) is 13.1. The Labute approximate surface area is 273 Å². The summed E-state index contributed by atoms with van der Waals surface area (Å²) in [5.74, 6) is -1.24. The molecule has 4 rings (SSSR count). The fourth-order valence-corrected chi connectivity index (χ4v) is 5.93. The minimum absolute atomic E-state index is 0. The molecule has 0 aliphatic carbocycles. The fraction of sp³-hybridized carbons (Fsp3) is 0.688. The van der Waals surface area contributed by atoms with Crippen LogP contribution in [-0.2, 0) is 32.0 Å². The Morgan fingerprint density at radius 2 is 1.63 bits per heavy atom. The SMILES string of the molecule is Nc1nc([O-])c2ncn(C3OC(COP(=O)([O-])OP(=O)(O)OC4OC(CO)C(O)C(O)C4O)C(O)C3O)c2n1.[Na+].[Na+]. The average molecular weight is 649 g/mol. The van der Waals surface area contributed by atoms with Crippen molar-refractivity contribution in [1.29, 1.82) is 0 Å². The van der Waals surface area contributed by atoms with E-state index in [2.05, 4.69) is 28.3 Å². The molecule has 2 aliphatic rings. The van der Waals surface area contributed by atoms with Gasteiger partial charge in [-0.25, -0.2) is 18.8 Å². The van der Waals surface area contributed by atoms with Crippen LogP contribution < -0.4 is 74.8 Å². The van der Waals surface area contributed by atoms with E-state index in [1.165, 1.54) is 0 Å². The van der Waals surface area contributed by atoms with Gasteiger partial charge in [0.15, 0.2) is 18.2 Å². The van der Waals surface area contributed by atoms with Gasteiger partial charge in [-0.2, -0.15) is 4.98 Å². The summed E-state index contributed by atoms with van der Waals surface area (Å²) < 4.78 is 48.6. The summed E-state index contributed by atoms with van der Waals surface area (Å²) in [5, 5.41) is 71.0. The number of phosphoric acid groups is 2. The second-order valence-electron chi connectivity index (χ2n) is 8.35. The summed E-state index contributed by atoms with van der Waals surface area (Å²) in [7, 11) is -11.4. The Morgan fingerprint density at radius 3 is 2.27 bits per heavy atom. The van der Waals surface area contributed by atoms with Crippen LogP contribution in [0.3, 0.4) is 0 Å². The van der Waals surface area contributed by atoms with E-state index in [1.54, 1.807) is 0 Å². The topological polar surface area (TPSA) is 338 Å². The second kappa shape index (κ2) is 14.5. The monoisotopic (exact) mass is 649 g/mol. The molecule has 2 aliphatic heterocycles. The largest absolute Gasteiger partial charge is 1.00 e. The summed E-state index contributed by atoms with van der Waals surface area (Å²) >= 11 is 0. The van der Waals surface area contributed by atoms with Crippen molar-refractivity contribution in [2.24, 2.45) is 0 Å². The number of phosphoric ester groups is 2. The quantitative estimate of drug-likeness (QED) is 0.0923. The number of aromatic nitrogens is 4. The molecule has 25 heteroatoms. The Bertz CT molecular complexity index is 1290. The molecule has 0 aromatic carbocycles. The number of aliphatic hydroxyl groups is 6. The van der Waals surface area contributed by atoms with Crippen molar-refractivity contribution in [3.63, 3.8) is 0 Å². The maximum atomic E-state index is 12.2. The molecule has 0 radical (unpaired) electrons. The zero-order valence-corrected chi connectivity index (χ0v) is 27.0. The molecule has 11 atom stereocenters. The molecule has 41 heavy (non-hydrogen) atoms. The number of rotatable bonds is 9. The second-order valence-corrected chi connectivity index (χ2v) is 11.3. The van der Waals surface area contributed by atoms with E-state index in [-0.39, 0.29) is 70.3 Å². The molecule has 11 unspecified atom stereocenters. The van der Waals surface area contributed by atoms with Gasteiger partial charge in [0.05, 0.1) is 19.5 Å². The number of fused-ring (bicyclic) bond motifs is 1. The first-order chi connectivity index (χ1) is 18.1. The number of imidazole rings is 1. The molecule has 21 nitrogen and oxygen atoms in total. The normalized spacial score (nSPS) is 34.8. The molecule has 0 bridgehead atoms. The summed E-state index contributed by atoms with van der Waals surface area (Å²) in [6.07, 6.45) is -15.3. The predicted molar refractivity (Wildman–Crippen MR) is 114 cm³/mol. The summed E-state index contributed by atoms with van der Waals surface area (Å²) in [6.45, 7) is -1.97. The molecule has 0 saturated carbocycles. The maximum absolute atomic E-state index is 12.2. The van der Waals surface area contributed by atoms with Crippen molar-refractivity contribution < 1.29 is 137 Å². The number of anilines is 1. The van der Waals surface area contributed by atoms with E-state index in [9.17, 15) is 49.6 Å². The number of nitrogens with zero attached hydrogens (tertiary/aromatic N) is 4. The van der Waals surface area contributed by atoms with E-state index in [0.717, 1.165) is 10.9 Å². The summed E-state index contributed by atoms with van der Waals surface area (Å²) in [6, 6.07) is 0. The fourth-order valence-electron chi connectivity index (χ4n) is 3.81. The predicted octanol–water partition coefficient (Wildman–Crippen LogP) is -11.5. The summed E-state index contributed by atoms with van der Waals surface area (Å²) in [5.41, 5.74) is 5.07. The zero-order valence-electron chi connectivity index (χ0n) is 21.3. The van der Waals surface area contributed by atoms with Crippen molar-refractivity contribution in [1.82, 2.24) is 19.5 Å². The molecule has 220 valence electrons. The third kappa shape index (κ3) is 8.23. The van der Waals surface area contributed by atoms with E-state index in [4.69, 9.17) is 20.3 Å². The number of ether oxygens (including phenoxy) is 2. The van der Waals surface area contributed by atoms with Crippen LogP contribution in [0.2, 0.25) is 0 Å². The molecule has 2 aromatic heterocycles. The van der Waals surface area contributed by atoms with E-state index < -0.39 is 95.9 Å². The van der Waals surface area contributed by atoms with Crippen LogP contribution in [0.1, 0.15) is 6.23 Å². The van der Waals surface area contributed by atoms with Gasteiger partial charge in [-0.15, -0.1) is 0 Å². The van der Waals surface area contributed by atoms with E-state index in [0.29, 0.717) is 0 Å². The van der Waals surface area contributed by atoms with E-state index in [1.807, 2.05) is 0 Å². The Morgan fingerprint density at radius 1 is 1.00 bits per heavy atom. The molecule has 9 N–H and O–H groups in total. The number of nitrogens with two attached hydrogens (primary N) is 1. The van der Waals surface area contributed by atoms with Crippen LogP contribution in [-0.4, -0.2) is 117 Å². The minimum atomic E-state index is -5.74. The van der Waals surface area contributed by atoms with Crippen LogP contribution in [0.4, 0.5) is 5.95 Å². The first-order valence-electron chi connectivity index (χ1n) is 10.8. The molecular formula is C16H23N5Na2O16P2. The molecule has 4 heterocycles. The van der Waals surface area contributed by atoms with Gasteiger partial charge in [-0.05, 0) is 0 Å². The minimum Gasteiger partial charge on any atom is -0.857 e.